The summed E-state index contributed by atoms with van der Waals surface area (Å²) in [4.78, 5) is 10.1. The number of rotatable bonds is 3. The highest BCUT2D eigenvalue weighted by molar-refractivity contribution is 5.52. The number of nitrogens with zero attached hydrogens (tertiary/aromatic N) is 1. The van der Waals surface area contributed by atoms with Crippen molar-refractivity contribution >= 4 is 11.4 Å². The van der Waals surface area contributed by atoms with Crippen LogP contribution in [0.3, 0.4) is 0 Å². The van der Waals surface area contributed by atoms with Gasteiger partial charge in [0.2, 0.25) is 0 Å². The van der Waals surface area contributed by atoms with E-state index >= 15 is 0 Å². The molecule has 1 aromatic rings. The van der Waals surface area contributed by atoms with Crippen LogP contribution in [0.4, 0.5) is 15.8 Å². The molecule has 0 aromatic heterocycles. The van der Waals surface area contributed by atoms with Crippen molar-refractivity contribution in [1.29, 1.82) is 0 Å². The highest BCUT2D eigenvalue weighted by Crippen LogP contribution is 2.22. The third-order valence-electron chi connectivity index (χ3n) is 3.04. The molecule has 0 saturated carbocycles. The van der Waals surface area contributed by atoms with E-state index in [-0.39, 0.29) is 11.7 Å². The molecular formula is C12H16FN3O2. The minimum Gasteiger partial charge on any atom is -0.382 e. The zero-order valence-electron chi connectivity index (χ0n) is 9.99. The molecule has 0 aliphatic carbocycles. The molecule has 98 valence electrons. The molecule has 1 unspecified atom stereocenters. The van der Waals surface area contributed by atoms with Gasteiger partial charge in [-0.15, -0.1) is 0 Å². The van der Waals surface area contributed by atoms with Gasteiger partial charge in [0, 0.05) is 17.8 Å². The third kappa shape index (κ3) is 3.40. The quantitative estimate of drug-likeness (QED) is 0.640. The molecule has 0 spiro atoms. The first kappa shape index (κ1) is 12.8. The summed E-state index contributed by atoms with van der Waals surface area (Å²) in [5, 5.41) is 17.1. The number of nitro benzene ring substituents is 1. The Labute approximate surface area is 105 Å². The van der Waals surface area contributed by atoms with Gasteiger partial charge in [-0.25, -0.2) is 4.39 Å². The van der Waals surface area contributed by atoms with Crippen LogP contribution in [0.2, 0.25) is 0 Å². The molecular weight excluding hydrogens is 237 g/mol. The molecule has 2 rings (SSSR count). The van der Waals surface area contributed by atoms with E-state index in [4.69, 9.17) is 0 Å². The smallest absolute Gasteiger partial charge is 0.274 e. The van der Waals surface area contributed by atoms with Crippen molar-refractivity contribution in [2.45, 2.75) is 25.3 Å². The summed E-state index contributed by atoms with van der Waals surface area (Å²) in [6.45, 7) is 1.90. The lowest BCUT2D eigenvalue weighted by atomic mass is 10.1. The first-order valence-electron chi connectivity index (χ1n) is 6.07. The number of non-ortho nitro benzene ring substituents is 1. The Morgan fingerprint density at radius 1 is 1.33 bits per heavy atom. The Hall–Kier alpha value is -1.69. The molecule has 1 atom stereocenters. The van der Waals surface area contributed by atoms with Gasteiger partial charge in [0.15, 0.2) is 0 Å². The van der Waals surface area contributed by atoms with Crippen LogP contribution in [0.5, 0.6) is 0 Å². The van der Waals surface area contributed by atoms with Crippen molar-refractivity contribution in [3.8, 4) is 0 Å². The van der Waals surface area contributed by atoms with E-state index in [9.17, 15) is 14.5 Å². The average molecular weight is 253 g/mol. The van der Waals surface area contributed by atoms with E-state index in [1.165, 1.54) is 12.1 Å². The summed E-state index contributed by atoms with van der Waals surface area (Å²) in [6.07, 6.45) is 2.97. The number of nitrogens with one attached hydrogen (secondary N) is 2. The number of hydrogen-bond donors (Lipinski definition) is 2. The van der Waals surface area contributed by atoms with Crippen molar-refractivity contribution in [3.05, 3.63) is 34.1 Å². The van der Waals surface area contributed by atoms with Crippen LogP contribution in [0, 0.1) is 15.9 Å². The highest BCUT2D eigenvalue weighted by Gasteiger charge is 2.14. The van der Waals surface area contributed by atoms with Crippen molar-refractivity contribution < 1.29 is 9.31 Å². The lowest BCUT2D eigenvalue weighted by Crippen LogP contribution is -2.21. The molecule has 1 fully saturated rings. The van der Waals surface area contributed by atoms with Gasteiger partial charge in [0.05, 0.1) is 11.0 Å². The predicted octanol–water partition coefficient (Wildman–Crippen LogP) is 2.29. The van der Waals surface area contributed by atoms with Crippen LogP contribution in [-0.2, 0) is 0 Å². The summed E-state index contributed by atoms with van der Waals surface area (Å²) >= 11 is 0. The molecule has 1 saturated heterocycles. The Bertz CT molecular complexity index is 431. The van der Waals surface area contributed by atoms with Crippen LogP contribution in [-0.4, -0.2) is 24.1 Å². The number of anilines is 1. The third-order valence-corrected chi connectivity index (χ3v) is 3.04. The normalized spacial score (nSPS) is 20.2. The Morgan fingerprint density at radius 3 is 2.94 bits per heavy atom. The van der Waals surface area contributed by atoms with E-state index in [2.05, 4.69) is 10.6 Å². The Balaban J connectivity index is 2.10. The van der Waals surface area contributed by atoms with Gasteiger partial charge in [-0.05, 0) is 38.4 Å². The maximum atomic E-state index is 13.3. The van der Waals surface area contributed by atoms with Crippen molar-refractivity contribution in [2.75, 3.05) is 18.4 Å². The minimum absolute atomic E-state index is 0.218. The predicted molar refractivity (Wildman–Crippen MR) is 67.2 cm³/mol. The minimum atomic E-state index is -0.585. The Kier molecular flexibility index (Phi) is 4.09. The second kappa shape index (κ2) is 5.77. The molecule has 1 heterocycles. The fourth-order valence-corrected chi connectivity index (χ4v) is 2.16. The lowest BCUT2D eigenvalue weighted by molar-refractivity contribution is -0.385. The average Bonchev–Trinajstić information content (AvgIpc) is 2.57. The fourth-order valence-electron chi connectivity index (χ4n) is 2.16. The molecule has 18 heavy (non-hydrogen) atoms. The van der Waals surface area contributed by atoms with Crippen LogP contribution in [0.15, 0.2) is 18.2 Å². The molecule has 0 bridgehead atoms. The molecule has 6 heteroatoms. The topological polar surface area (TPSA) is 67.2 Å². The molecule has 5 nitrogen and oxygen atoms in total. The molecule has 2 N–H and O–H groups in total. The van der Waals surface area contributed by atoms with Crippen LogP contribution in [0.25, 0.3) is 0 Å². The van der Waals surface area contributed by atoms with Gasteiger partial charge < -0.3 is 10.6 Å². The van der Waals surface area contributed by atoms with Gasteiger partial charge in [-0.3, -0.25) is 10.1 Å². The second-order valence-electron chi connectivity index (χ2n) is 4.48. The summed E-state index contributed by atoms with van der Waals surface area (Å²) in [6, 6.07) is 3.84. The number of halogens is 1. The van der Waals surface area contributed by atoms with Gasteiger partial charge in [-0.1, -0.05) is 0 Å². The van der Waals surface area contributed by atoms with Crippen LogP contribution >= 0.6 is 0 Å². The SMILES string of the molecule is O=[N+]([O-])c1cc(F)cc(NC2CCCNCC2)c1. The summed E-state index contributed by atoms with van der Waals surface area (Å²) in [5.41, 5.74) is 0.262. The molecule has 1 aliphatic heterocycles. The lowest BCUT2D eigenvalue weighted by Gasteiger charge is -2.17. The largest absolute Gasteiger partial charge is 0.382 e. The highest BCUT2D eigenvalue weighted by atomic mass is 19.1. The zero-order chi connectivity index (χ0) is 13.0. The monoisotopic (exact) mass is 253 g/mol. The molecule has 0 radical (unpaired) electrons. The standard InChI is InChI=1S/C12H16FN3O2/c13-9-6-11(8-12(7-9)16(17)18)15-10-2-1-4-14-5-3-10/h6-8,10,14-15H,1-5H2. The molecule has 0 amide bonds. The summed E-state index contributed by atoms with van der Waals surface area (Å²) in [7, 11) is 0. The zero-order valence-corrected chi connectivity index (χ0v) is 9.99. The van der Waals surface area contributed by atoms with Gasteiger partial charge >= 0.3 is 0 Å². The molecule has 1 aliphatic rings. The number of benzene rings is 1. The summed E-state index contributed by atoms with van der Waals surface area (Å²) in [5.74, 6) is -0.585. The first-order valence-corrected chi connectivity index (χ1v) is 6.07. The van der Waals surface area contributed by atoms with E-state index in [1.54, 1.807) is 0 Å². The van der Waals surface area contributed by atoms with Crippen LogP contribution in [0.1, 0.15) is 19.3 Å². The van der Waals surface area contributed by atoms with Gasteiger partial charge in [0.1, 0.15) is 5.82 Å². The Morgan fingerprint density at radius 2 is 2.17 bits per heavy atom. The maximum absolute atomic E-state index is 13.3. The van der Waals surface area contributed by atoms with Gasteiger partial charge in [-0.2, -0.15) is 0 Å². The van der Waals surface area contributed by atoms with Crippen molar-refractivity contribution in [1.82, 2.24) is 5.32 Å². The van der Waals surface area contributed by atoms with E-state index in [1.807, 2.05) is 0 Å². The van der Waals surface area contributed by atoms with E-state index < -0.39 is 10.7 Å². The summed E-state index contributed by atoms with van der Waals surface area (Å²) < 4.78 is 13.3. The number of nitro groups is 1. The first-order chi connectivity index (χ1) is 8.65. The number of hydrogen-bond acceptors (Lipinski definition) is 4. The van der Waals surface area contributed by atoms with Crippen molar-refractivity contribution in [3.63, 3.8) is 0 Å². The van der Waals surface area contributed by atoms with E-state index in [0.29, 0.717) is 5.69 Å². The van der Waals surface area contributed by atoms with Crippen molar-refractivity contribution in [2.24, 2.45) is 0 Å². The molecule has 1 aromatic carbocycles. The second-order valence-corrected chi connectivity index (χ2v) is 4.48. The fraction of sp³-hybridized carbons (Fsp3) is 0.500. The van der Waals surface area contributed by atoms with E-state index in [0.717, 1.165) is 38.4 Å². The maximum Gasteiger partial charge on any atom is 0.274 e. The van der Waals surface area contributed by atoms with Crippen LogP contribution < -0.4 is 10.6 Å². The van der Waals surface area contributed by atoms with Gasteiger partial charge in [0.25, 0.3) is 5.69 Å².